The van der Waals surface area contributed by atoms with Gasteiger partial charge in [0.1, 0.15) is 29.9 Å². The Morgan fingerprint density at radius 3 is 2.67 bits per heavy atom. The molecule has 15 heteroatoms. The molecule has 2 amide bonds. The highest BCUT2D eigenvalue weighted by Gasteiger charge is 2.61. The summed E-state index contributed by atoms with van der Waals surface area (Å²) in [6.45, 7) is 14.6. The summed E-state index contributed by atoms with van der Waals surface area (Å²) < 4.78 is 33.1. The van der Waals surface area contributed by atoms with Crippen molar-refractivity contribution in [1.29, 1.82) is 0 Å². The SMILES string of the molecule is C=CCOC(=O)n1cc2c3c(cccc31)-c1cccc3c1N[C@H]1Oc4ccc5cc4C31c1oc(nc1-c1ncc-2o1)[C@@H](C(C)C)NC(=O)[C@@H](NC(=O)OCC[Si](C)(C)C)C5. The van der Waals surface area contributed by atoms with Gasteiger partial charge in [0.2, 0.25) is 17.7 Å². The molecule has 60 heavy (non-hydrogen) atoms. The molecule has 1 unspecified atom stereocenters. The fourth-order valence-corrected chi connectivity index (χ4v) is 9.65. The zero-order valence-corrected chi connectivity index (χ0v) is 34.9. The molecule has 0 fully saturated rings. The van der Waals surface area contributed by atoms with E-state index in [1.807, 2.05) is 62.4 Å². The largest absolute Gasteiger partial charge is 0.469 e. The van der Waals surface area contributed by atoms with E-state index in [4.69, 9.17) is 33.0 Å². The molecule has 3 N–H and O–H groups in total. The smallest absolute Gasteiger partial charge is 0.418 e. The Kier molecular flexibility index (Phi) is 8.61. The number of alkyl carbamates (subject to hydrolysis) is 1. The average Bonchev–Trinajstić information content (AvgIpc) is 4.04. The first-order chi connectivity index (χ1) is 28.8. The maximum absolute atomic E-state index is 14.3. The lowest BCUT2D eigenvalue weighted by Gasteiger charge is -2.28. The summed E-state index contributed by atoms with van der Waals surface area (Å²) in [7, 11) is -1.47. The van der Waals surface area contributed by atoms with Crippen molar-refractivity contribution in [3.05, 3.63) is 108 Å². The minimum atomic E-state index is -1.47. The minimum absolute atomic E-state index is 0.0420. The highest BCUT2D eigenvalue weighted by atomic mass is 28.3. The standard InChI is InChI=1S/C45H44N6O8Si/c1-7-16-56-44(54)51-22-27-33-21-46-40(57-33)37-38-45-28-12-8-11-26(25-10-9-13-31(51)34(25)27)36(28)50-42(45)58-32-15-14-24(19-29(32)45)20-30(47-43(53)55-17-18-60(4,5)6)39(52)48-35(23(2)3)41(49-37)59-38/h7-15,19,21-23,30,35,42,50H,1,16-18,20H2,2-6H3,(H,47,53)(H,48,52)/t30-,35+,42-,45?/m0/s1. The van der Waals surface area contributed by atoms with E-state index in [1.54, 1.807) is 12.4 Å². The first-order valence-electron chi connectivity index (χ1n) is 20.2. The monoisotopic (exact) mass is 824 g/mol. The van der Waals surface area contributed by atoms with Crippen LogP contribution >= 0.6 is 0 Å². The van der Waals surface area contributed by atoms with E-state index in [0.29, 0.717) is 34.0 Å². The zero-order valence-electron chi connectivity index (χ0n) is 33.9. The third-order valence-electron chi connectivity index (χ3n) is 11.9. The van der Waals surface area contributed by atoms with Crippen molar-refractivity contribution >= 4 is 42.8 Å². The molecule has 306 valence electrons. The van der Waals surface area contributed by atoms with Crippen LogP contribution in [0.25, 0.3) is 44.9 Å². The Morgan fingerprint density at radius 2 is 1.87 bits per heavy atom. The number of para-hydroxylation sites is 1. The summed E-state index contributed by atoms with van der Waals surface area (Å²) in [5.74, 6) is 1.24. The number of hydrogen-bond acceptors (Lipinski definition) is 11. The van der Waals surface area contributed by atoms with Gasteiger partial charge in [-0.25, -0.2) is 19.6 Å². The molecular formula is C45H44N6O8Si. The van der Waals surface area contributed by atoms with E-state index >= 15 is 0 Å². The van der Waals surface area contributed by atoms with Gasteiger partial charge in [-0.15, -0.1) is 0 Å². The van der Waals surface area contributed by atoms with Gasteiger partial charge >= 0.3 is 12.2 Å². The number of nitrogens with one attached hydrogen (secondary N) is 3. The third kappa shape index (κ3) is 5.77. The van der Waals surface area contributed by atoms with E-state index in [2.05, 4.69) is 48.2 Å². The van der Waals surface area contributed by atoms with Gasteiger partial charge in [0.15, 0.2) is 23.4 Å². The number of ether oxygens (including phenoxy) is 3. The van der Waals surface area contributed by atoms with Crippen LogP contribution < -0.4 is 20.7 Å². The molecule has 4 atom stereocenters. The lowest BCUT2D eigenvalue weighted by molar-refractivity contribution is -0.124. The van der Waals surface area contributed by atoms with Crippen molar-refractivity contribution in [1.82, 2.24) is 25.2 Å². The quantitative estimate of drug-likeness (QED) is 0.104. The molecular weight excluding hydrogens is 781 g/mol. The van der Waals surface area contributed by atoms with Crippen LogP contribution in [0, 0.1) is 5.92 Å². The zero-order chi connectivity index (χ0) is 41.7. The third-order valence-corrected chi connectivity index (χ3v) is 13.6. The number of benzene rings is 3. The summed E-state index contributed by atoms with van der Waals surface area (Å²) in [6.07, 6.45) is 3.08. The van der Waals surface area contributed by atoms with Crippen LogP contribution in [-0.2, 0) is 26.1 Å². The summed E-state index contributed by atoms with van der Waals surface area (Å²) in [5, 5.41) is 10.5. The molecule has 0 radical (unpaired) electrons. The molecule has 14 nitrogen and oxygen atoms in total. The van der Waals surface area contributed by atoms with Gasteiger partial charge in [-0.3, -0.25) is 9.36 Å². The van der Waals surface area contributed by atoms with Crippen molar-refractivity contribution in [2.45, 2.75) is 69.7 Å². The van der Waals surface area contributed by atoms with Crippen LogP contribution in [0.4, 0.5) is 15.3 Å². The predicted octanol–water partition coefficient (Wildman–Crippen LogP) is 8.38. The van der Waals surface area contributed by atoms with Crippen LogP contribution in [-0.4, -0.2) is 66.2 Å². The highest BCUT2D eigenvalue weighted by Crippen LogP contribution is 2.61. The van der Waals surface area contributed by atoms with E-state index in [9.17, 15) is 14.4 Å². The number of nitrogens with zero attached hydrogens (tertiary/aromatic N) is 3. The molecule has 3 aromatic heterocycles. The molecule has 6 aromatic rings. The first-order valence-corrected chi connectivity index (χ1v) is 23.9. The summed E-state index contributed by atoms with van der Waals surface area (Å²) in [5.41, 5.74) is 5.38. The molecule has 10 bridgehead atoms. The topological polar surface area (TPSA) is 172 Å². The lowest BCUT2D eigenvalue weighted by atomic mass is 9.72. The highest BCUT2D eigenvalue weighted by molar-refractivity contribution is 6.76. The molecule has 0 aliphatic carbocycles. The van der Waals surface area contributed by atoms with Crippen molar-refractivity contribution < 1.29 is 37.4 Å². The molecule has 7 heterocycles. The number of aromatic nitrogens is 3. The van der Waals surface area contributed by atoms with Gasteiger partial charge in [0.25, 0.3) is 0 Å². The van der Waals surface area contributed by atoms with Gasteiger partial charge < -0.3 is 39.0 Å². The number of carbonyl (C=O) groups is 3. The number of amides is 2. The summed E-state index contributed by atoms with van der Waals surface area (Å²) in [6, 6.07) is 16.8. The molecule has 3 aromatic carbocycles. The Labute approximate surface area is 346 Å². The Morgan fingerprint density at radius 1 is 1.05 bits per heavy atom. The number of hydrogen-bond donors (Lipinski definition) is 3. The minimum Gasteiger partial charge on any atom is -0.469 e. The van der Waals surface area contributed by atoms with E-state index in [0.717, 1.165) is 44.9 Å². The number of rotatable bonds is 7. The van der Waals surface area contributed by atoms with Crippen LogP contribution in [0.2, 0.25) is 25.7 Å². The maximum atomic E-state index is 14.3. The number of anilines is 1. The Hall–Kier alpha value is -6.61. The van der Waals surface area contributed by atoms with Gasteiger partial charge in [-0.2, -0.15) is 0 Å². The number of carbonyl (C=O) groups excluding carboxylic acids is 3. The van der Waals surface area contributed by atoms with Crippen molar-refractivity contribution in [2.75, 3.05) is 18.5 Å². The second-order valence-electron chi connectivity index (χ2n) is 17.3. The van der Waals surface area contributed by atoms with Crippen molar-refractivity contribution in [3.63, 3.8) is 0 Å². The fraction of sp³-hybridized carbons (Fsp3) is 0.311. The molecule has 4 aliphatic heterocycles. The lowest BCUT2D eigenvalue weighted by Crippen LogP contribution is -2.50. The first kappa shape index (κ1) is 37.6. The van der Waals surface area contributed by atoms with E-state index in [-0.39, 0.29) is 37.3 Å². The molecule has 10 rings (SSSR count). The summed E-state index contributed by atoms with van der Waals surface area (Å²) in [4.78, 5) is 51.0. The number of fused-ring (bicyclic) bond motifs is 7. The maximum Gasteiger partial charge on any atom is 0.418 e. The second-order valence-corrected chi connectivity index (χ2v) is 22.9. The van der Waals surface area contributed by atoms with Crippen molar-refractivity contribution in [2.24, 2.45) is 5.92 Å². The number of oxazole rings is 2. The Bertz CT molecular complexity index is 2780. The van der Waals surface area contributed by atoms with Crippen molar-refractivity contribution in [3.8, 4) is 39.8 Å². The van der Waals surface area contributed by atoms with E-state index < -0.39 is 49.9 Å². The predicted molar refractivity (Wildman–Crippen MR) is 226 cm³/mol. The van der Waals surface area contributed by atoms with E-state index in [1.165, 1.54) is 10.6 Å². The molecule has 1 spiro atoms. The van der Waals surface area contributed by atoms with Crippen LogP contribution in [0.1, 0.15) is 48.2 Å². The van der Waals surface area contributed by atoms with Crippen LogP contribution in [0.3, 0.4) is 0 Å². The van der Waals surface area contributed by atoms with Crippen LogP contribution in [0.15, 0.2) is 88.5 Å². The average molecular weight is 825 g/mol. The Balaban J connectivity index is 1.21. The summed E-state index contributed by atoms with van der Waals surface area (Å²) >= 11 is 0. The normalized spacial score (nSPS) is 20.6. The van der Waals surface area contributed by atoms with Gasteiger partial charge in [-0.1, -0.05) is 88.6 Å². The van der Waals surface area contributed by atoms with Gasteiger partial charge in [0, 0.05) is 54.0 Å². The van der Waals surface area contributed by atoms with Gasteiger partial charge in [0.05, 0.1) is 18.3 Å². The van der Waals surface area contributed by atoms with Crippen LogP contribution in [0.5, 0.6) is 5.75 Å². The fourth-order valence-electron chi connectivity index (χ4n) is 8.94. The second kappa shape index (κ2) is 13.7. The van der Waals surface area contributed by atoms with Gasteiger partial charge in [-0.05, 0) is 35.2 Å². The molecule has 0 saturated heterocycles. The molecule has 0 saturated carbocycles. The molecule has 4 aliphatic rings.